The van der Waals surface area contributed by atoms with Gasteiger partial charge in [-0.3, -0.25) is 18.6 Å². The summed E-state index contributed by atoms with van der Waals surface area (Å²) in [4.78, 5) is 25.6. The van der Waals surface area contributed by atoms with E-state index < -0.39 is 0 Å². The van der Waals surface area contributed by atoms with Crippen LogP contribution < -0.4 is 20.3 Å². The molecule has 2 heterocycles. The van der Waals surface area contributed by atoms with Gasteiger partial charge in [0, 0.05) is 18.7 Å². The van der Waals surface area contributed by atoms with Crippen molar-refractivity contribution in [3.05, 3.63) is 64.4 Å². The Hall–Kier alpha value is -3.50. The number of methoxy groups -OCH3 is 2. The number of hydrogen-bond acceptors (Lipinski definition) is 7. The van der Waals surface area contributed by atoms with Gasteiger partial charge in [0.15, 0.2) is 5.16 Å². The largest absolute Gasteiger partial charge is 0.495 e. The van der Waals surface area contributed by atoms with Gasteiger partial charge in [0.05, 0.1) is 41.6 Å². The lowest BCUT2D eigenvalue weighted by atomic mass is 10.2. The SMILES string of the molecule is C=CCn1c(=O)c2ccccc2n2c(SCC(=O)Nc3cc(OC)c(Cl)cc3OC)nnc12. The van der Waals surface area contributed by atoms with Crippen molar-refractivity contribution < 1.29 is 14.3 Å². The number of para-hydroxylation sites is 1. The lowest BCUT2D eigenvalue weighted by Gasteiger charge is -2.13. The highest BCUT2D eigenvalue weighted by molar-refractivity contribution is 7.99. The number of rotatable bonds is 8. The zero-order valence-corrected chi connectivity index (χ0v) is 19.4. The van der Waals surface area contributed by atoms with Gasteiger partial charge in [0.2, 0.25) is 11.7 Å². The van der Waals surface area contributed by atoms with Gasteiger partial charge in [-0.15, -0.1) is 16.8 Å². The zero-order valence-electron chi connectivity index (χ0n) is 17.9. The van der Waals surface area contributed by atoms with Crippen molar-refractivity contribution in [2.24, 2.45) is 0 Å². The van der Waals surface area contributed by atoms with Crippen LogP contribution in [-0.2, 0) is 11.3 Å². The van der Waals surface area contributed by atoms with Crippen LogP contribution in [0.5, 0.6) is 11.5 Å². The minimum atomic E-state index is -0.289. The Kier molecular flexibility index (Phi) is 6.57. The van der Waals surface area contributed by atoms with Crippen LogP contribution >= 0.6 is 23.4 Å². The number of carbonyl (C=O) groups is 1. The minimum absolute atomic E-state index is 0.0454. The molecule has 4 rings (SSSR count). The van der Waals surface area contributed by atoms with Gasteiger partial charge in [0.25, 0.3) is 5.56 Å². The Labute approximate surface area is 198 Å². The van der Waals surface area contributed by atoms with E-state index >= 15 is 0 Å². The van der Waals surface area contributed by atoms with E-state index in [1.807, 2.05) is 12.1 Å². The first-order valence-corrected chi connectivity index (χ1v) is 11.2. The molecule has 0 aliphatic rings. The van der Waals surface area contributed by atoms with Gasteiger partial charge in [-0.1, -0.05) is 41.6 Å². The number of aromatic nitrogens is 4. The fourth-order valence-corrected chi connectivity index (χ4v) is 4.37. The first kappa shape index (κ1) is 22.7. The van der Waals surface area contributed by atoms with Crippen LogP contribution in [0.2, 0.25) is 5.02 Å². The number of nitrogens with zero attached hydrogens (tertiary/aromatic N) is 4. The van der Waals surface area contributed by atoms with Crippen LogP contribution in [0.4, 0.5) is 5.69 Å². The smallest absolute Gasteiger partial charge is 0.263 e. The summed E-state index contributed by atoms with van der Waals surface area (Å²) in [7, 11) is 2.97. The van der Waals surface area contributed by atoms with Crippen molar-refractivity contribution >= 4 is 51.6 Å². The highest BCUT2D eigenvalue weighted by Crippen LogP contribution is 2.36. The third-order valence-electron chi connectivity index (χ3n) is 4.87. The second-order valence-electron chi connectivity index (χ2n) is 6.86. The fraction of sp³-hybridized carbons (Fsp3) is 0.182. The molecule has 0 aliphatic carbocycles. The lowest BCUT2D eigenvalue weighted by molar-refractivity contribution is -0.113. The summed E-state index contributed by atoms with van der Waals surface area (Å²) in [5.74, 6) is 0.958. The molecule has 1 N–H and O–H groups in total. The number of anilines is 1. The Morgan fingerprint density at radius 3 is 2.70 bits per heavy atom. The number of halogens is 1. The molecule has 0 bridgehead atoms. The predicted molar refractivity (Wildman–Crippen MR) is 129 cm³/mol. The Morgan fingerprint density at radius 2 is 1.97 bits per heavy atom. The van der Waals surface area contributed by atoms with E-state index in [-0.39, 0.29) is 23.8 Å². The summed E-state index contributed by atoms with van der Waals surface area (Å²) in [6, 6.07) is 10.4. The van der Waals surface area contributed by atoms with Crippen molar-refractivity contribution in [1.82, 2.24) is 19.2 Å². The summed E-state index contributed by atoms with van der Waals surface area (Å²) < 4.78 is 13.8. The van der Waals surface area contributed by atoms with E-state index in [1.165, 1.54) is 30.5 Å². The molecule has 4 aromatic rings. The van der Waals surface area contributed by atoms with Gasteiger partial charge >= 0.3 is 0 Å². The molecule has 0 unspecified atom stereocenters. The molecular formula is C22H20ClN5O4S. The van der Waals surface area contributed by atoms with E-state index in [9.17, 15) is 9.59 Å². The van der Waals surface area contributed by atoms with E-state index in [0.717, 1.165) is 0 Å². The van der Waals surface area contributed by atoms with Crippen LogP contribution in [0, 0.1) is 0 Å². The summed E-state index contributed by atoms with van der Waals surface area (Å²) in [5.41, 5.74) is 0.916. The quantitative estimate of drug-likeness (QED) is 0.300. The second kappa shape index (κ2) is 9.55. The molecule has 1 amide bonds. The maximum atomic E-state index is 12.9. The minimum Gasteiger partial charge on any atom is -0.495 e. The zero-order chi connectivity index (χ0) is 23.5. The summed E-state index contributed by atoms with van der Waals surface area (Å²) in [5, 5.41) is 12.6. The number of thioether (sulfide) groups is 1. The normalized spacial score (nSPS) is 11.0. The third-order valence-corrected chi connectivity index (χ3v) is 6.09. The first-order valence-electron chi connectivity index (χ1n) is 9.80. The summed E-state index contributed by atoms with van der Waals surface area (Å²) in [6.45, 7) is 4.01. The van der Waals surface area contributed by atoms with E-state index in [2.05, 4.69) is 22.1 Å². The number of amides is 1. The molecule has 0 saturated heterocycles. The topological polar surface area (TPSA) is 99.8 Å². The molecule has 0 spiro atoms. The summed E-state index contributed by atoms with van der Waals surface area (Å²) in [6.07, 6.45) is 1.62. The van der Waals surface area contributed by atoms with Crippen molar-refractivity contribution in [3.63, 3.8) is 0 Å². The number of allylic oxidation sites excluding steroid dienone is 1. The van der Waals surface area contributed by atoms with Crippen LogP contribution in [0.1, 0.15) is 0 Å². The molecule has 0 atom stereocenters. The van der Waals surface area contributed by atoms with Crippen molar-refractivity contribution in [2.75, 3.05) is 25.3 Å². The fourth-order valence-electron chi connectivity index (χ4n) is 3.40. The van der Waals surface area contributed by atoms with Crippen LogP contribution in [0.15, 0.2) is 59.0 Å². The van der Waals surface area contributed by atoms with Gasteiger partial charge in [-0.2, -0.15) is 0 Å². The Morgan fingerprint density at radius 1 is 1.21 bits per heavy atom. The van der Waals surface area contributed by atoms with Gasteiger partial charge in [-0.05, 0) is 12.1 Å². The standard InChI is InChI=1S/C22H20ClN5O4S/c1-4-9-27-20(30)13-7-5-6-8-16(13)28-21(27)25-26-22(28)33-12-19(29)24-15-11-17(31-2)14(23)10-18(15)32-3/h4-8,10-11H,1,9,12H2,2-3H3,(H,24,29). The molecule has 0 radical (unpaired) electrons. The number of carbonyl (C=O) groups excluding carboxylic acids is 1. The average molecular weight is 486 g/mol. The average Bonchev–Trinajstić information content (AvgIpc) is 3.25. The van der Waals surface area contributed by atoms with Gasteiger partial charge < -0.3 is 14.8 Å². The van der Waals surface area contributed by atoms with Crippen LogP contribution in [0.3, 0.4) is 0 Å². The summed E-state index contributed by atoms with van der Waals surface area (Å²) >= 11 is 7.32. The molecule has 2 aromatic heterocycles. The third kappa shape index (κ3) is 4.27. The molecule has 0 fully saturated rings. The molecule has 0 saturated carbocycles. The van der Waals surface area contributed by atoms with Crippen molar-refractivity contribution in [3.8, 4) is 11.5 Å². The highest BCUT2D eigenvalue weighted by Gasteiger charge is 2.18. The molecule has 33 heavy (non-hydrogen) atoms. The van der Waals surface area contributed by atoms with Crippen molar-refractivity contribution in [1.29, 1.82) is 0 Å². The van der Waals surface area contributed by atoms with Crippen LogP contribution in [0.25, 0.3) is 16.7 Å². The molecule has 2 aromatic carbocycles. The first-order chi connectivity index (χ1) is 16.0. The second-order valence-corrected chi connectivity index (χ2v) is 8.21. The van der Waals surface area contributed by atoms with Gasteiger partial charge in [0.1, 0.15) is 11.5 Å². The Balaban J connectivity index is 1.64. The Bertz CT molecular complexity index is 1430. The lowest BCUT2D eigenvalue weighted by Crippen LogP contribution is -2.22. The van der Waals surface area contributed by atoms with Crippen LogP contribution in [-0.4, -0.2) is 45.0 Å². The van der Waals surface area contributed by atoms with E-state index in [0.29, 0.717) is 44.0 Å². The highest BCUT2D eigenvalue weighted by atomic mass is 35.5. The van der Waals surface area contributed by atoms with Crippen molar-refractivity contribution in [2.45, 2.75) is 11.7 Å². The van der Waals surface area contributed by atoms with Gasteiger partial charge in [-0.25, -0.2) is 0 Å². The predicted octanol–water partition coefficient (Wildman–Crippen LogP) is 3.63. The maximum absolute atomic E-state index is 12.9. The molecule has 0 aliphatic heterocycles. The number of fused-ring (bicyclic) bond motifs is 3. The monoisotopic (exact) mass is 485 g/mol. The molecule has 170 valence electrons. The molecular weight excluding hydrogens is 466 g/mol. The number of nitrogens with one attached hydrogen (secondary N) is 1. The molecule has 11 heteroatoms. The molecule has 9 nitrogen and oxygen atoms in total. The van der Waals surface area contributed by atoms with E-state index in [1.54, 1.807) is 34.7 Å². The van der Waals surface area contributed by atoms with E-state index in [4.69, 9.17) is 21.1 Å². The maximum Gasteiger partial charge on any atom is 0.263 e. The number of ether oxygens (including phenoxy) is 2. The number of hydrogen-bond donors (Lipinski definition) is 1. The number of benzene rings is 2.